The second-order valence-electron chi connectivity index (χ2n) is 8.83. The highest BCUT2D eigenvalue weighted by atomic mass is 16.5. The number of rotatable bonds is 9. The summed E-state index contributed by atoms with van der Waals surface area (Å²) < 4.78 is 7.27. The van der Waals surface area contributed by atoms with Crippen LogP contribution in [0.1, 0.15) is 65.1 Å². The molecule has 5 heteroatoms. The number of nitrogens with zero attached hydrogens (tertiary/aromatic N) is 3. The molecule has 0 spiro atoms. The number of benzene rings is 3. The van der Waals surface area contributed by atoms with Gasteiger partial charge >= 0.3 is 5.97 Å². The fraction of sp³-hybridized carbons (Fsp3) is 0.258. The lowest BCUT2D eigenvalue weighted by atomic mass is 9.96. The van der Waals surface area contributed by atoms with Crippen LogP contribution in [0.5, 0.6) is 0 Å². The van der Waals surface area contributed by atoms with Gasteiger partial charge in [-0.1, -0.05) is 74.0 Å². The molecule has 0 aliphatic heterocycles. The predicted molar refractivity (Wildman–Crippen MR) is 142 cm³/mol. The van der Waals surface area contributed by atoms with Crippen molar-refractivity contribution >= 4 is 5.97 Å². The van der Waals surface area contributed by atoms with Gasteiger partial charge in [-0.15, -0.1) is 0 Å². The van der Waals surface area contributed by atoms with Gasteiger partial charge in [-0.2, -0.15) is 10.4 Å². The summed E-state index contributed by atoms with van der Waals surface area (Å²) in [5.41, 5.74) is 7.89. The van der Waals surface area contributed by atoms with E-state index in [2.05, 4.69) is 25.1 Å². The molecule has 0 saturated heterocycles. The molecule has 3 aromatic carbocycles. The Bertz CT molecular complexity index is 1390. The molecule has 0 atom stereocenters. The van der Waals surface area contributed by atoms with Crippen LogP contribution in [0.2, 0.25) is 0 Å². The molecule has 36 heavy (non-hydrogen) atoms. The van der Waals surface area contributed by atoms with Crippen molar-refractivity contribution < 1.29 is 9.53 Å². The monoisotopic (exact) mass is 477 g/mol. The third-order valence-corrected chi connectivity index (χ3v) is 6.34. The molecule has 0 unspecified atom stereocenters. The third-order valence-electron chi connectivity index (χ3n) is 6.34. The Morgan fingerprint density at radius 3 is 2.42 bits per heavy atom. The van der Waals surface area contributed by atoms with Crippen LogP contribution in [0.15, 0.2) is 72.8 Å². The first-order valence-corrected chi connectivity index (χ1v) is 12.5. The summed E-state index contributed by atoms with van der Waals surface area (Å²) >= 11 is 0. The predicted octanol–water partition coefficient (Wildman–Crippen LogP) is 6.83. The van der Waals surface area contributed by atoms with E-state index in [-0.39, 0.29) is 5.97 Å². The molecule has 0 N–H and O–H groups in total. The van der Waals surface area contributed by atoms with E-state index in [0.29, 0.717) is 24.3 Å². The lowest BCUT2D eigenvalue weighted by Crippen LogP contribution is -2.15. The molecule has 0 amide bonds. The van der Waals surface area contributed by atoms with E-state index in [4.69, 9.17) is 9.84 Å². The molecule has 0 radical (unpaired) electrons. The molecule has 0 aliphatic carbocycles. The van der Waals surface area contributed by atoms with Gasteiger partial charge in [-0.05, 0) is 61.1 Å². The van der Waals surface area contributed by atoms with Crippen molar-refractivity contribution in [3.8, 4) is 22.9 Å². The molecule has 1 heterocycles. The Balaban J connectivity index is 1.78. The van der Waals surface area contributed by atoms with Crippen LogP contribution in [-0.2, 0) is 17.6 Å². The SMILES string of the molecule is CCCCc1nn(-c2ccccc2C)c(C(=O)OCC)c1Cc1ccc(-c2ccccc2C#N)cc1. The van der Waals surface area contributed by atoms with Gasteiger partial charge in [-0.25, -0.2) is 9.48 Å². The first-order valence-electron chi connectivity index (χ1n) is 12.5. The molecule has 4 rings (SSSR count). The minimum atomic E-state index is -0.356. The molecular weight excluding hydrogens is 446 g/mol. The van der Waals surface area contributed by atoms with Crippen molar-refractivity contribution in [1.29, 1.82) is 5.26 Å². The van der Waals surface area contributed by atoms with Crippen molar-refractivity contribution in [3.05, 3.63) is 106 Å². The van der Waals surface area contributed by atoms with Crippen LogP contribution in [0.4, 0.5) is 0 Å². The first kappa shape index (κ1) is 24.9. The average molecular weight is 478 g/mol. The maximum Gasteiger partial charge on any atom is 0.357 e. The van der Waals surface area contributed by atoms with Crippen molar-refractivity contribution in [2.45, 2.75) is 46.5 Å². The van der Waals surface area contributed by atoms with Crippen LogP contribution in [-0.4, -0.2) is 22.4 Å². The highest BCUT2D eigenvalue weighted by Gasteiger charge is 2.26. The summed E-state index contributed by atoms with van der Waals surface area (Å²) in [5, 5.41) is 14.4. The van der Waals surface area contributed by atoms with Crippen molar-refractivity contribution in [1.82, 2.24) is 9.78 Å². The number of aromatic nitrogens is 2. The zero-order valence-electron chi connectivity index (χ0n) is 21.1. The summed E-state index contributed by atoms with van der Waals surface area (Å²) in [6.07, 6.45) is 3.40. The maximum absolute atomic E-state index is 13.2. The Morgan fingerprint density at radius 2 is 1.72 bits per heavy atom. The summed E-state index contributed by atoms with van der Waals surface area (Å²) in [6.45, 7) is 6.30. The molecule has 1 aromatic heterocycles. The lowest BCUT2D eigenvalue weighted by molar-refractivity contribution is 0.0514. The molecule has 182 valence electrons. The van der Waals surface area contributed by atoms with E-state index in [1.807, 2.05) is 74.5 Å². The number of unbranched alkanes of at least 4 members (excludes halogenated alkanes) is 1. The van der Waals surface area contributed by atoms with Gasteiger partial charge in [0.2, 0.25) is 0 Å². The summed E-state index contributed by atoms with van der Waals surface area (Å²) in [7, 11) is 0. The zero-order chi connectivity index (χ0) is 25.5. The van der Waals surface area contributed by atoms with Crippen LogP contribution in [0.25, 0.3) is 16.8 Å². The zero-order valence-corrected chi connectivity index (χ0v) is 21.1. The molecule has 5 nitrogen and oxygen atoms in total. The van der Waals surface area contributed by atoms with E-state index in [9.17, 15) is 10.1 Å². The van der Waals surface area contributed by atoms with Gasteiger partial charge in [0, 0.05) is 12.0 Å². The number of ether oxygens (including phenoxy) is 1. The van der Waals surface area contributed by atoms with Crippen molar-refractivity contribution in [2.24, 2.45) is 0 Å². The quantitative estimate of drug-likeness (QED) is 0.248. The molecule has 0 saturated carbocycles. The van der Waals surface area contributed by atoms with Crippen LogP contribution in [0.3, 0.4) is 0 Å². The number of esters is 1. The maximum atomic E-state index is 13.2. The number of aryl methyl sites for hydroxylation is 2. The fourth-order valence-electron chi connectivity index (χ4n) is 4.45. The largest absolute Gasteiger partial charge is 0.461 e. The highest BCUT2D eigenvalue weighted by molar-refractivity contribution is 5.90. The van der Waals surface area contributed by atoms with Gasteiger partial charge in [0.25, 0.3) is 0 Å². The summed E-state index contributed by atoms with van der Waals surface area (Å²) in [4.78, 5) is 13.2. The first-order chi connectivity index (χ1) is 17.6. The second-order valence-corrected chi connectivity index (χ2v) is 8.83. The van der Waals surface area contributed by atoms with E-state index >= 15 is 0 Å². The Morgan fingerprint density at radius 1 is 1.00 bits per heavy atom. The fourth-order valence-corrected chi connectivity index (χ4v) is 4.45. The minimum absolute atomic E-state index is 0.300. The Hall–Kier alpha value is -4.17. The van der Waals surface area contributed by atoms with Crippen molar-refractivity contribution in [2.75, 3.05) is 6.61 Å². The van der Waals surface area contributed by atoms with E-state index in [1.165, 1.54) is 0 Å². The van der Waals surface area contributed by atoms with Crippen LogP contribution in [0, 0.1) is 18.3 Å². The van der Waals surface area contributed by atoms with Gasteiger partial charge in [0.1, 0.15) is 0 Å². The van der Waals surface area contributed by atoms with E-state index in [1.54, 1.807) is 4.68 Å². The second kappa shape index (κ2) is 11.5. The van der Waals surface area contributed by atoms with Crippen molar-refractivity contribution in [3.63, 3.8) is 0 Å². The number of nitriles is 1. The summed E-state index contributed by atoms with van der Waals surface area (Å²) in [5.74, 6) is -0.356. The topological polar surface area (TPSA) is 67.9 Å². The molecule has 0 fully saturated rings. The van der Waals surface area contributed by atoms with Gasteiger partial charge in [0.15, 0.2) is 5.69 Å². The molecule has 0 aliphatic rings. The number of carbonyl (C=O) groups is 1. The standard InChI is InChI=1S/C31H31N3O2/c1-4-6-14-28-27(20-23-16-18-24(19-17-23)26-13-9-8-12-25(26)21-32)30(31(35)36-5-2)34(33-28)29-15-10-7-11-22(29)3/h7-13,15-19H,4-6,14,20H2,1-3H3. The molecule has 0 bridgehead atoms. The average Bonchev–Trinajstić information content (AvgIpc) is 3.26. The smallest absolute Gasteiger partial charge is 0.357 e. The van der Waals surface area contributed by atoms with Gasteiger partial charge in [-0.3, -0.25) is 0 Å². The van der Waals surface area contributed by atoms with E-state index in [0.717, 1.165) is 58.5 Å². The van der Waals surface area contributed by atoms with Crippen LogP contribution >= 0.6 is 0 Å². The Labute approximate surface area is 213 Å². The Kier molecular flexibility index (Phi) is 7.97. The van der Waals surface area contributed by atoms with E-state index < -0.39 is 0 Å². The molecular formula is C31H31N3O2. The summed E-state index contributed by atoms with van der Waals surface area (Å²) in [6, 6.07) is 26.0. The van der Waals surface area contributed by atoms with Gasteiger partial charge in [0.05, 0.1) is 29.6 Å². The molecule has 4 aromatic rings. The number of hydrogen-bond acceptors (Lipinski definition) is 4. The van der Waals surface area contributed by atoms with Gasteiger partial charge < -0.3 is 4.74 Å². The number of para-hydroxylation sites is 1. The highest BCUT2D eigenvalue weighted by Crippen LogP contribution is 2.28. The normalized spacial score (nSPS) is 10.7. The number of hydrogen-bond donors (Lipinski definition) is 0. The lowest BCUT2D eigenvalue weighted by Gasteiger charge is -2.11. The minimum Gasteiger partial charge on any atom is -0.461 e. The third kappa shape index (κ3) is 5.23. The number of carbonyl (C=O) groups excluding carboxylic acids is 1. The van der Waals surface area contributed by atoms with Crippen LogP contribution < -0.4 is 0 Å².